The van der Waals surface area contributed by atoms with E-state index in [4.69, 9.17) is 21.1 Å². The maximum atomic E-state index is 6.09. The summed E-state index contributed by atoms with van der Waals surface area (Å²) in [5.74, 6) is 2.23. The molecule has 0 atom stereocenters. The van der Waals surface area contributed by atoms with E-state index in [1.54, 1.807) is 32.3 Å². The SMILES string of the molecule is COc1ccc(Cl)cc1CSc1nncn1-c1ccccc1OC. The summed E-state index contributed by atoms with van der Waals surface area (Å²) in [6.45, 7) is 0. The minimum absolute atomic E-state index is 0.664. The molecule has 0 saturated carbocycles. The van der Waals surface area contributed by atoms with Crippen molar-refractivity contribution in [1.29, 1.82) is 0 Å². The average Bonchev–Trinajstić information content (AvgIpc) is 3.08. The van der Waals surface area contributed by atoms with Gasteiger partial charge in [0.1, 0.15) is 17.8 Å². The molecule has 7 heteroatoms. The first kappa shape index (κ1) is 16.7. The van der Waals surface area contributed by atoms with Gasteiger partial charge in [-0.1, -0.05) is 35.5 Å². The van der Waals surface area contributed by atoms with Crippen LogP contribution in [-0.4, -0.2) is 29.0 Å². The van der Waals surface area contributed by atoms with Gasteiger partial charge < -0.3 is 9.47 Å². The number of aromatic nitrogens is 3. The van der Waals surface area contributed by atoms with Crippen molar-refractivity contribution < 1.29 is 9.47 Å². The smallest absolute Gasteiger partial charge is 0.196 e. The Morgan fingerprint density at radius 3 is 2.67 bits per heavy atom. The molecule has 0 saturated heterocycles. The molecule has 0 aliphatic heterocycles. The van der Waals surface area contributed by atoms with Crippen molar-refractivity contribution in [2.75, 3.05) is 14.2 Å². The van der Waals surface area contributed by atoms with E-state index in [9.17, 15) is 0 Å². The van der Waals surface area contributed by atoms with Crippen molar-refractivity contribution in [1.82, 2.24) is 14.8 Å². The summed E-state index contributed by atoms with van der Waals surface area (Å²) in [7, 11) is 3.29. The Kier molecular flexibility index (Phi) is 5.27. The molecule has 5 nitrogen and oxygen atoms in total. The second-order valence-electron chi connectivity index (χ2n) is 4.90. The molecule has 124 valence electrons. The van der Waals surface area contributed by atoms with Crippen LogP contribution in [-0.2, 0) is 5.75 Å². The summed E-state index contributed by atoms with van der Waals surface area (Å²) in [4.78, 5) is 0. The molecule has 3 aromatic rings. The lowest BCUT2D eigenvalue weighted by Gasteiger charge is -2.11. The molecule has 0 aliphatic carbocycles. The van der Waals surface area contributed by atoms with Gasteiger partial charge in [0, 0.05) is 16.3 Å². The zero-order chi connectivity index (χ0) is 16.9. The van der Waals surface area contributed by atoms with E-state index in [0.29, 0.717) is 10.8 Å². The average molecular weight is 362 g/mol. The summed E-state index contributed by atoms with van der Waals surface area (Å²) in [6, 6.07) is 13.3. The molecule has 0 bridgehead atoms. The number of ether oxygens (including phenoxy) is 2. The van der Waals surface area contributed by atoms with E-state index in [1.165, 1.54) is 0 Å². The predicted octanol–water partition coefficient (Wildman–Crippen LogP) is 4.23. The maximum absolute atomic E-state index is 6.09. The Hall–Kier alpha value is -2.18. The monoisotopic (exact) mass is 361 g/mol. The summed E-state index contributed by atoms with van der Waals surface area (Å²) < 4.78 is 12.7. The number of rotatable bonds is 6. The van der Waals surface area contributed by atoms with Crippen LogP contribution in [0.3, 0.4) is 0 Å². The van der Waals surface area contributed by atoms with E-state index < -0.39 is 0 Å². The zero-order valence-corrected chi connectivity index (χ0v) is 14.8. The summed E-state index contributed by atoms with van der Waals surface area (Å²) in [5, 5.41) is 9.68. The second-order valence-corrected chi connectivity index (χ2v) is 6.28. The molecule has 1 aromatic heterocycles. The normalized spacial score (nSPS) is 10.6. The van der Waals surface area contributed by atoms with E-state index in [1.807, 2.05) is 47.0 Å². The summed E-state index contributed by atoms with van der Waals surface area (Å²) in [6.07, 6.45) is 1.68. The molecule has 3 rings (SSSR count). The van der Waals surface area contributed by atoms with E-state index in [2.05, 4.69) is 10.2 Å². The third-order valence-electron chi connectivity index (χ3n) is 3.46. The topological polar surface area (TPSA) is 49.2 Å². The van der Waals surface area contributed by atoms with Crippen molar-refractivity contribution in [3.8, 4) is 17.2 Å². The van der Waals surface area contributed by atoms with Crippen LogP contribution in [0, 0.1) is 0 Å². The summed E-state index contributed by atoms with van der Waals surface area (Å²) in [5.41, 5.74) is 1.90. The Bertz CT molecular complexity index is 838. The second kappa shape index (κ2) is 7.59. The van der Waals surface area contributed by atoms with Crippen LogP contribution in [0.1, 0.15) is 5.56 Å². The first-order chi connectivity index (χ1) is 11.7. The van der Waals surface area contributed by atoms with Gasteiger partial charge in [0.2, 0.25) is 0 Å². The Morgan fingerprint density at radius 1 is 1.08 bits per heavy atom. The fourth-order valence-corrected chi connectivity index (χ4v) is 3.41. The van der Waals surface area contributed by atoms with Crippen LogP contribution in [0.5, 0.6) is 11.5 Å². The minimum atomic E-state index is 0.664. The predicted molar refractivity (Wildman–Crippen MR) is 95.5 cm³/mol. The molecule has 0 aliphatic rings. The molecule has 0 fully saturated rings. The highest BCUT2D eigenvalue weighted by atomic mass is 35.5. The molecule has 1 heterocycles. The van der Waals surface area contributed by atoms with Gasteiger partial charge in [-0.05, 0) is 30.3 Å². The third-order valence-corrected chi connectivity index (χ3v) is 4.69. The van der Waals surface area contributed by atoms with Crippen molar-refractivity contribution in [3.05, 3.63) is 59.4 Å². The van der Waals surface area contributed by atoms with E-state index in [0.717, 1.165) is 27.9 Å². The van der Waals surface area contributed by atoms with Gasteiger partial charge in [0.15, 0.2) is 5.16 Å². The fraction of sp³-hybridized carbons (Fsp3) is 0.176. The number of benzene rings is 2. The fourth-order valence-electron chi connectivity index (χ4n) is 2.32. The van der Waals surface area contributed by atoms with Gasteiger partial charge >= 0.3 is 0 Å². The lowest BCUT2D eigenvalue weighted by Crippen LogP contribution is -1.99. The highest BCUT2D eigenvalue weighted by Crippen LogP contribution is 2.31. The van der Waals surface area contributed by atoms with Crippen molar-refractivity contribution in [3.63, 3.8) is 0 Å². The maximum Gasteiger partial charge on any atom is 0.196 e. The number of nitrogens with zero attached hydrogens (tertiary/aromatic N) is 3. The van der Waals surface area contributed by atoms with Crippen LogP contribution in [0.15, 0.2) is 53.9 Å². The molecule has 0 amide bonds. The number of para-hydroxylation sites is 2. The number of hydrogen-bond donors (Lipinski definition) is 0. The number of hydrogen-bond acceptors (Lipinski definition) is 5. The largest absolute Gasteiger partial charge is 0.496 e. The molecule has 0 radical (unpaired) electrons. The lowest BCUT2D eigenvalue weighted by atomic mass is 10.2. The number of methoxy groups -OCH3 is 2. The van der Waals surface area contributed by atoms with Crippen LogP contribution < -0.4 is 9.47 Å². The molecular weight excluding hydrogens is 346 g/mol. The molecule has 0 N–H and O–H groups in total. The highest BCUT2D eigenvalue weighted by molar-refractivity contribution is 7.98. The number of thioether (sulfide) groups is 1. The Morgan fingerprint density at radius 2 is 1.88 bits per heavy atom. The quantitative estimate of drug-likeness (QED) is 0.615. The van der Waals surface area contributed by atoms with Crippen LogP contribution in [0.4, 0.5) is 0 Å². The molecule has 0 spiro atoms. The van der Waals surface area contributed by atoms with Crippen molar-refractivity contribution in [2.45, 2.75) is 10.9 Å². The van der Waals surface area contributed by atoms with Gasteiger partial charge in [-0.15, -0.1) is 10.2 Å². The lowest BCUT2D eigenvalue weighted by molar-refractivity contribution is 0.411. The summed E-state index contributed by atoms with van der Waals surface area (Å²) >= 11 is 7.64. The standard InChI is InChI=1S/C17H16ClN3O2S/c1-22-15-8-7-13(18)9-12(15)10-24-17-20-19-11-21(17)14-5-3-4-6-16(14)23-2/h3-9,11H,10H2,1-2H3. The molecule has 2 aromatic carbocycles. The van der Waals surface area contributed by atoms with Crippen molar-refractivity contribution in [2.24, 2.45) is 0 Å². The van der Waals surface area contributed by atoms with Crippen LogP contribution in [0.2, 0.25) is 5.02 Å². The minimum Gasteiger partial charge on any atom is -0.496 e. The Balaban J connectivity index is 1.86. The van der Waals surface area contributed by atoms with Gasteiger partial charge in [0.25, 0.3) is 0 Å². The molecular formula is C17H16ClN3O2S. The number of halogens is 1. The van der Waals surface area contributed by atoms with Gasteiger partial charge in [0.05, 0.1) is 19.9 Å². The van der Waals surface area contributed by atoms with Crippen LogP contribution >= 0.6 is 23.4 Å². The van der Waals surface area contributed by atoms with Gasteiger partial charge in [-0.25, -0.2) is 0 Å². The first-order valence-corrected chi connectivity index (χ1v) is 8.58. The third kappa shape index (κ3) is 3.49. The highest BCUT2D eigenvalue weighted by Gasteiger charge is 2.13. The Labute approximate surface area is 149 Å². The van der Waals surface area contributed by atoms with E-state index >= 15 is 0 Å². The zero-order valence-electron chi connectivity index (χ0n) is 13.3. The van der Waals surface area contributed by atoms with Gasteiger partial charge in [-0.2, -0.15) is 0 Å². The molecule has 0 unspecified atom stereocenters. The van der Waals surface area contributed by atoms with Crippen molar-refractivity contribution >= 4 is 23.4 Å². The molecule has 24 heavy (non-hydrogen) atoms. The van der Waals surface area contributed by atoms with Crippen LogP contribution in [0.25, 0.3) is 5.69 Å². The van der Waals surface area contributed by atoms with E-state index in [-0.39, 0.29) is 0 Å². The van der Waals surface area contributed by atoms with Gasteiger partial charge in [-0.3, -0.25) is 4.57 Å². The first-order valence-electron chi connectivity index (χ1n) is 7.21.